The number of benzene rings is 1. The van der Waals surface area contributed by atoms with Crippen LogP contribution in [0.4, 0.5) is 5.69 Å². The number of halogens is 1. The van der Waals surface area contributed by atoms with Gasteiger partial charge in [0.25, 0.3) is 5.69 Å². The average molecular weight is 268 g/mol. The standard InChI is InChI=1S/C9H6BrN3O2/c10-7-5-11-12(6-7)8-3-1-2-4-9(8)13(14)15/h1-6H. The Bertz CT molecular complexity index is 510. The summed E-state index contributed by atoms with van der Waals surface area (Å²) in [5, 5.41) is 14.7. The molecule has 0 amide bonds. The third-order valence-electron chi connectivity index (χ3n) is 1.88. The summed E-state index contributed by atoms with van der Waals surface area (Å²) in [5.74, 6) is 0. The summed E-state index contributed by atoms with van der Waals surface area (Å²) in [6.45, 7) is 0. The fourth-order valence-corrected chi connectivity index (χ4v) is 1.53. The van der Waals surface area contributed by atoms with E-state index in [0.717, 1.165) is 4.47 Å². The molecule has 0 saturated heterocycles. The maximum Gasteiger partial charge on any atom is 0.294 e. The minimum absolute atomic E-state index is 0.0353. The number of rotatable bonds is 2. The monoisotopic (exact) mass is 267 g/mol. The van der Waals surface area contributed by atoms with Gasteiger partial charge in [0, 0.05) is 12.3 Å². The Labute approximate surface area is 93.6 Å². The number of nitrogens with zero attached hydrogens (tertiary/aromatic N) is 3. The van der Waals surface area contributed by atoms with Gasteiger partial charge in [-0.05, 0) is 22.0 Å². The predicted molar refractivity (Wildman–Crippen MR) is 57.9 cm³/mol. The maximum atomic E-state index is 10.8. The highest BCUT2D eigenvalue weighted by Crippen LogP contribution is 2.22. The molecule has 6 heteroatoms. The second-order valence-electron chi connectivity index (χ2n) is 2.85. The van der Waals surface area contributed by atoms with Crippen molar-refractivity contribution in [2.75, 3.05) is 0 Å². The lowest BCUT2D eigenvalue weighted by atomic mass is 10.3. The zero-order chi connectivity index (χ0) is 10.8. The Morgan fingerprint density at radius 2 is 2.13 bits per heavy atom. The molecule has 0 aliphatic rings. The van der Waals surface area contributed by atoms with E-state index in [9.17, 15) is 10.1 Å². The third-order valence-corrected chi connectivity index (χ3v) is 2.29. The average Bonchev–Trinajstić information content (AvgIpc) is 2.65. The van der Waals surface area contributed by atoms with Crippen molar-refractivity contribution in [2.45, 2.75) is 0 Å². The molecule has 2 aromatic rings. The lowest BCUT2D eigenvalue weighted by molar-refractivity contribution is -0.384. The molecule has 2 rings (SSSR count). The van der Waals surface area contributed by atoms with Gasteiger partial charge in [-0.3, -0.25) is 10.1 Å². The molecule has 15 heavy (non-hydrogen) atoms. The van der Waals surface area contributed by atoms with E-state index in [-0.39, 0.29) is 5.69 Å². The summed E-state index contributed by atoms with van der Waals surface area (Å²) in [5.41, 5.74) is 0.487. The van der Waals surface area contributed by atoms with Crippen molar-refractivity contribution in [1.82, 2.24) is 9.78 Å². The van der Waals surface area contributed by atoms with E-state index >= 15 is 0 Å². The van der Waals surface area contributed by atoms with Crippen LogP contribution in [-0.2, 0) is 0 Å². The van der Waals surface area contributed by atoms with Gasteiger partial charge >= 0.3 is 0 Å². The Kier molecular flexibility index (Phi) is 2.51. The number of hydrogen-bond acceptors (Lipinski definition) is 3. The number of para-hydroxylation sites is 2. The summed E-state index contributed by atoms with van der Waals surface area (Å²) in [6.07, 6.45) is 3.25. The molecule has 76 valence electrons. The van der Waals surface area contributed by atoms with E-state index in [1.165, 1.54) is 10.7 Å². The smallest absolute Gasteiger partial charge is 0.258 e. The van der Waals surface area contributed by atoms with E-state index in [1.807, 2.05) is 0 Å². The highest BCUT2D eigenvalue weighted by molar-refractivity contribution is 9.10. The summed E-state index contributed by atoms with van der Waals surface area (Å²) in [6, 6.07) is 6.46. The van der Waals surface area contributed by atoms with Crippen LogP contribution in [0.5, 0.6) is 0 Å². The second-order valence-corrected chi connectivity index (χ2v) is 3.76. The minimum atomic E-state index is -0.426. The molecule has 0 unspecified atom stereocenters. The molecule has 1 aromatic heterocycles. The van der Waals surface area contributed by atoms with Gasteiger partial charge in [-0.15, -0.1) is 0 Å². The maximum absolute atomic E-state index is 10.8. The number of hydrogen-bond donors (Lipinski definition) is 0. The van der Waals surface area contributed by atoms with Crippen LogP contribution >= 0.6 is 15.9 Å². The zero-order valence-electron chi connectivity index (χ0n) is 7.50. The van der Waals surface area contributed by atoms with E-state index in [1.54, 1.807) is 30.6 Å². The van der Waals surface area contributed by atoms with Gasteiger partial charge in [0.05, 0.1) is 15.6 Å². The van der Waals surface area contributed by atoms with Crippen LogP contribution in [0.25, 0.3) is 5.69 Å². The van der Waals surface area contributed by atoms with Crippen molar-refractivity contribution in [3.63, 3.8) is 0 Å². The molecule has 1 heterocycles. The summed E-state index contributed by atoms with van der Waals surface area (Å²) >= 11 is 3.24. The van der Waals surface area contributed by atoms with Gasteiger partial charge in [-0.1, -0.05) is 12.1 Å². The fraction of sp³-hybridized carbons (Fsp3) is 0. The molecule has 1 aromatic carbocycles. The van der Waals surface area contributed by atoms with Gasteiger partial charge in [0.1, 0.15) is 5.69 Å². The van der Waals surface area contributed by atoms with E-state index in [4.69, 9.17) is 0 Å². The summed E-state index contributed by atoms with van der Waals surface area (Å²) in [4.78, 5) is 10.3. The Morgan fingerprint density at radius 3 is 2.73 bits per heavy atom. The van der Waals surface area contributed by atoms with Crippen LogP contribution in [0, 0.1) is 10.1 Å². The van der Waals surface area contributed by atoms with E-state index < -0.39 is 4.92 Å². The van der Waals surface area contributed by atoms with Gasteiger partial charge in [-0.2, -0.15) is 5.10 Å². The molecule has 0 aliphatic carbocycles. The molecule has 0 radical (unpaired) electrons. The molecular formula is C9H6BrN3O2. The van der Waals surface area contributed by atoms with Gasteiger partial charge in [0.15, 0.2) is 0 Å². The first kappa shape index (κ1) is 9.85. The molecule has 0 saturated carbocycles. The van der Waals surface area contributed by atoms with Gasteiger partial charge < -0.3 is 0 Å². The molecular weight excluding hydrogens is 262 g/mol. The first-order valence-corrected chi connectivity index (χ1v) is 4.92. The summed E-state index contributed by atoms with van der Waals surface area (Å²) in [7, 11) is 0. The van der Waals surface area contributed by atoms with Crippen molar-refractivity contribution in [3.05, 3.63) is 51.2 Å². The van der Waals surface area contributed by atoms with Crippen molar-refractivity contribution >= 4 is 21.6 Å². The number of aromatic nitrogens is 2. The van der Waals surface area contributed by atoms with Crippen LogP contribution in [0.3, 0.4) is 0 Å². The highest BCUT2D eigenvalue weighted by atomic mass is 79.9. The second kappa shape index (κ2) is 3.82. The largest absolute Gasteiger partial charge is 0.294 e. The van der Waals surface area contributed by atoms with Crippen LogP contribution in [0.1, 0.15) is 0 Å². The SMILES string of the molecule is O=[N+]([O-])c1ccccc1-n1cc(Br)cn1. The Balaban J connectivity index is 2.57. The number of nitro groups is 1. The third kappa shape index (κ3) is 1.89. The zero-order valence-corrected chi connectivity index (χ0v) is 9.09. The predicted octanol–water partition coefficient (Wildman–Crippen LogP) is 2.54. The molecule has 0 N–H and O–H groups in total. The number of nitro benzene ring substituents is 1. The lowest BCUT2D eigenvalue weighted by Crippen LogP contribution is -1.99. The Hall–Kier alpha value is -1.69. The minimum Gasteiger partial charge on any atom is -0.258 e. The lowest BCUT2D eigenvalue weighted by Gasteiger charge is -2.01. The topological polar surface area (TPSA) is 61.0 Å². The van der Waals surface area contributed by atoms with Gasteiger partial charge in [0.2, 0.25) is 0 Å². The molecule has 5 nitrogen and oxygen atoms in total. The van der Waals surface area contributed by atoms with Crippen LogP contribution in [-0.4, -0.2) is 14.7 Å². The highest BCUT2D eigenvalue weighted by Gasteiger charge is 2.14. The van der Waals surface area contributed by atoms with E-state index in [2.05, 4.69) is 21.0 Å². The van der Waals surface area contributed by atoms with Crippen molar-refractivity contribution in [3.8, 4) is 5.69 Å². The Morgan fingerprint density at radius 1 is 1.40 bits per heavy atom. The molecule has 0 bridgehead atoms. The van der Waals surface area contributed by atoms with Crippen LogP contribution < -0.4 is 0 Å². The first-order chi connectivity index (χ1) is 7.18. The molecule has 0 fully saturated rings. The van der Waals surface area contributed by atoms with Crippen molar-refractivity contribution < 1.29 is 4.92 Å². The van der Waals surface area contributed by atoms with Crippen LogP contribution in [0.2, 0.25) is 0 Å². The quantitative estimate of drug-likeness (QED) is 0.621. The normalized spacial score (nSPS) is 10.2. The molecule has 0 aliphatic heterocycles. The molecule has 0 atom stereocenters. The van der Waals surface area contributed by atoms with Crippen molar-refractivity contribution in [1.29, 1.82) is 0 Å². The van der Waals surface area contributed by atoms with Crippen LogP contribution in [0.15, 0.2) is 41.1 Å². The fourth-order valence-electron chi connectivity index (χ4n) is 1.24. The first-order valence-electron chi connectivity index (χ1n) is 4.12. The summed E-state index contributed by atoms with van der Waals surface area (Å²) < 4.78 is 2.24. The molecule has 0 spiro atoms. The van der Waals surface area contributed by atoms with Crippen molar-refractivity contribution in [2.24, 2.45) is 0 Å². The van der Waals surface area contributed by atoms with E-state index in [0.29, 0.717) is 5.69 Å². The van der Waals surface area contributed by atoms with Gasteiger partial charge in [-0.25, -0.2) is 4.68 Å².